The molecule has 8 rings (SSSR count). The number of amidine groups is 2. The van der Waals surface area contributed by atoms with E-state index in [1.807, 2.05) is 30.3 Å². The third kappa shape index (κ3) is 4.90. The molecule has 0 saturated carbocycles. The fourth-order valence-electron chi connectivity index (χ4n) is 5.54. The number of nitrogens with one attached hydrogen (secondary N) is 1. The van der Waals surface area contributed by atoms with Gasteiger partial charge in [0.1, 0.15) is 16.7 Å². The van der Waals surface area contributed by atoms with Gasteiger partial charge in [-0.15, -0.1) is 11.3 Å². The van der Waals surface area contributed by atoms with Crippen molar-refractivity contribution in [2.75, 3.05) is 0 Å². The molecule has 0 bridgehead atoms. The highest BCUT2D eigenvalue weighted by Gasteiger charge is 2.21. The summed E-state index contributed by atoms with van der Waals surface area (Å²) in [6.45, 7) is 0. The van der Waals surface area contributed by atoms with Gasteiger partial charge >= 0.3 is 0 Å². The van der Waals surface area contributed by atoms with Crippen molar-refractivity contribution < 1.29 is 0 Å². The lowest BCUT2D eigenvalue weighted by Gasteiger charge is -2.22. The number of rotatable bonds is 5. The number of nitrogens with zero attached hydrogens (tertiary/aromatic N) is 3. The molecule has 0 radical (unpaired) electrons. The zero-order valence-corrected chi connectivity index (χ0v) is 24.0. The van der Waals surface area contributed by atoms with Crippen LogP contribution in [0, 0.1) is 0 Å². The SMILES string of the molecule is c1ccc(C2=NC(c3ccc(-c4ccccc4)cc3)N=C(c3ccc4c(ccc5sc(-c6ccccc6)nc54)c3)N2)cc1. The molecule has 5 heteroatoms. The molecule has 1 unspecified atom stereocenters. The number of hydrogen-bond acceptors (Lipinski definition) is 5. The van der Waals surface area contributed by atoms with E-state index >= 15 is 0 Å². The van der Waals surface area contributed by atoms with Gasteiger partial charge in [-0.05, 0) is 34.2 Å². The van der Waals surface area contributed by atoms with E-state index < -0.39 is 0 Å². The summed E-state index contributed by atoms with van der Waals surface area (Å²) < 4.78 is 1.18. The monoisotopic (exact) mass is 570 g/mol. The lowest BCUT2D eigenvalue weighted by Crippen LogP contribution is -2.36. The highest BCUT2D eigenvalue weighted by atomic mass is 32.1. The lowest BCUT2D eigenvalue weighted by molar-refractivity contribution is 0.756. The second kappa shape index (κ2) is 10.8. The van der Waals surface area contributed by atoms with Gasteiger partial charge in [0, 0.05) is 22.1 Å². The largest absolute Gasteiger partial charge is 0.324 e. The van der Waals surface area contributed by atoms with E-state index in [1.165, 1.54) is 15.8 Å². The van der Waals surface area contributed by atoms with Crippen LogP contribution in [0.15, 0.2) is 156 Å². The topological polar surface area (TPSA) is 49.6 Å². The molecular formula is C38H26N4S. The van der Waals surface area contributed by atoms with E-state index in [1.54, 1.807) is 11.3 Å². The van der Waals surface area contributed by atoms with Gasteiger partial charge in [-0.25, -0.2) is 15.0 Å². The second-order valence-corrected chi connectivity index (χ2v) is 11.6. The Morgan fingerprint density at radius 3 is 1.79 bits per heavy atom. The molecule has 1 aromatic heterocycles. The van der Waals surface area contributed by atoms with Crippen LogP contribution in [0.5, 0.6) is 0 Å². The molecule has 0 saturated heterocycles. The van der Waals surface area contributed by atoms with Gasteiger partial charge in [-0.1, -0.05) is 133 Å². The maximum absolute atomic E-state index is 5.12. The summed E-state index contributed by atoms with van der Waals surface area (Å²) in [6, 6.07) is 50.5. The maximum Gasteiger partial charge on any atom is 0.169 e. The number of aliphatic imine (C=N–C) groups is 2. The first-order valence-electron chi connectivity index (χ1n) is 14.3. The van der Waals surface area contributed by atoms with E-state index in [2.05, 4.69) is 121 Å². The van der Waals surface area contributed by atoms with Gasteiger partial charge in [0.25, 0.3) is 0 Å². The van der Waals surface area contributed by atoms with E-state index in [0.29, 0.717) is 0 Å². The first kappa shape index (κ1) is 25.3. The molecule has 1 aliphatic heterocycles. The van der Waals surface area contributed by atoms with E-state index in [0.717, 1.165) is 55.2 Å². The third-order valence-electron chi connectivity index (χ3n) is 7.77. The van der Waals surface area contributed by atoms with Crippen LogP contribution in [0.4, 0.5) is 0 Å². The van der Waals surface area contributed by atoms with Crippen LogP contribution >= 0.6 is 11.3 Å². The summed E-state index contributed by atoms with van der Waals surface area (Å²) in [7, 11) is 0. The fourth-order valence-corrected chi connectivity index (χ4v) is 6.53. The van der Waals surface area contributed by atoms with Crippen molar-refractivity contribution in [3.63, 3.8) is 0 Å². The van der Waals surface area contributed by atoms with Crippen molar-refractivity contribution in [3.8, 4) is 21.7 Å². The summed E-state index contributed by atoms with van der Waals surface area (Å²) >= 11 is 1.73. The molecule has 0 amide bonds. The van der Waals surface area contributed by atoms with Gasteiger partial charge in [-0.3, -0.25) is 0 Å². The summed E-state index contributed by atoms with van der Waals surface area (Å²) in [5, 5.41) is 6.85. The number of thiazole rings is 1. The molecule has 2 heterocycles. The molecule has 43 heavy (non-hydrogen) atoms. The molecule has 1 atom stereocenters. The molecule has 1 N–H and O–H groups in total. The fraction of sp³-hybridized carbons (Fsp3) is 0.0263. The van der Waals surface area contributed by atoms with Crippen LogP contribution in [0.3, 0.4) is 0 Å². The average molecular weight is 571 g/mol. The molecule has 0 fully saturated rings. The maximum atomic E-state index is 5.12. The van der Waals surface area contributed by atoms with Crippen molar-refractivity contribution in [2.24, 2.45) is 9.98 Å². The first-order valence-corrected chi connectivity index (χ1v) is 15.1. The minimum absolute atomic E-state index is 0.360. The molecule has 1 aliphatic rings. The molecular weight excluding hydrogens is 545 g/mol. The van der Waals surface area contributed by atoms with Crippen molar-refractivity contribution in [3.05, 3.63) is 162 Å². The van der Waals surface area contributed by atoms with Crippen molar-refractivity contribution >= 4 is 44.0 Å². The zero-order valence-electron chi connectivity index (χ0n) is 23.2. The first-order chi connectivity index (χ1) is 21.3. The van der Waals surface area contributed by atoms with Crippen molar-refractivity contribution in [2.45, 2.75) is 6.17 Å². The van der Waals surface area contributed by atoms with Gasteiger partial charge in [-0.2, -0.15) is 0 Å². The Hall–Kier alpha value is -5.39. The Bertz CT molecular complexity index is 2130. The predicted octanol–water partition coefficient (Wildman–Crippen LogP) is 9.28. The molecule has 0 spiro atoms. The van der Waals surface area contributed by atoms with Gasteiger partial charge in [0.15, 0.2) is 6.17 Å². The number of hydrogen-bond donors (Lipinski definition) is 1. The Labute approximate surface area is 253 Å². The lowest BCUT2D eigenvalue weighted by atomic mass is 10.0. The average Bonchev–Trinajstić information content (AvgIpc) is 3.54. The minimum atomic E-state index is -0.360. The van der Waals surface area contributed by atoms with Crippen LogP contribution in [-0.2, 0) is 0 Å². The zero-order chi connectivity index (χ0) is 28.6. The van der Waals surface area contributed by atoms with Crippen LogP contribution in [0.2, 0.25) is 0 Å². The van der Waals surface area contributed by atoms with Crippen LogP contribution < -0.4 is 5.32 Å². The van der Waals surface area contributed by atoms with Crippen LogP contribution in [0.1, 0.15) is 22.9 Å². The standard InChI is InChI=1S/C38H26N4S/c1-4-10-25(11-5-1)26-16-18-28(19-17-26)36-40-35(27-12-6-2-7-13-27)41-37(42-36)31-20-22-32-30(24-31)21-23-33-34(32)39-38(43-33)29-14-8-3-9-15-29/h1-24,36H,(H,40,41,42). The summed E-state index contributed by atoms with van der Waals surface area (Å²) in [5.74, 6) is 1.61. The highest BCUT2D eigenvalue weighted by molar-refractivity contribution is 7.21. The normalized spacial score (nSPS) is 14.7. The molecule has 6 aromatic carbocycles. The Morgan fingerprint density at radius 2 is 1.09 bits per heavy atom. The Kier molecular flexibility index (Phi) is 6.35. The Morgan fingerprint density at radius 1 is 0.512 bits per heavy atom. The van der Waals surface area contributed by atoms with Crippen molar-refractivity contribution in [1.82, 2.24) is 10.3 Å². The molecule has 204 valence electrons. The van der Waals surface area contributed by atoms with Gasteiger partial charge in [0.05, 0.1) is 10.2 Å². The third-order valence-corrected chi connectivity index (χ3v) is 8.84. The van der Waals surface area contributed by atoms with Crippen LogP contribution in [-0.4, -0.2) is 16.7 Å². The molecule has 7 aromatic rings. The Balaban J connectivity index is 1.18. The highest BCUT2D eigenvalue weighted by Crippen LogP contribution is 2.35. The van der Waals surface area contributed by atoms with Crippen LogP contribution in [0.25, 0.3) is 42.7 Å². The summed E-state index contributed by atoms with van der Waals surface area (Å²) in [6.07, 6.45) is -0.360. The smallest absolute Gasteiger partial charge is 0.169 e. The second-order valence-electron chi connectivity index (χ2n) is 10.5. The molecule has 4 nitrogen and oxygen atoms in total. The summed E-state index contributed by atoms with van der Waals surface area (Å²) in [5.41, 5.74) is 7.63. The summed E-state index contributed by atoms with van der Waals surface area (Å²) in [4.78, 5) is 15.2. The molecule has 0 aliphatic carbocycles. The van der Waals surface area contributed by atoms with Crippen molar-refractivity contribution in [1.29, 1.82) is 0 Å². The van der Waals surface area contributed by atoms with E-state index in [4.69, 9.17) is 15.0 Å². The number of benzene rings is 6. The van der Waals surface area contributed by atoms with E-state index in [-0.39, 0.29) is 6.17 Å². The van der Waals surface area contributed by atoms with Gasteiger partial charge < -0.3 is 5.32 Å². The van der Waals surface area contributed by atoms with E-state index in [9.17, 15) is 0 Å². The quantitative estimate of drug-likeness (QED) is 0.224. The number of aromatic nitrogens is 1. The minimum Gasteiger partial charge on any atom is -0.324 e. The van der Waals surface area contributed by atoms with Gasteiger partial charge in [0.2, 0.25) is 0 Å². The predicted molar refractivity (Wildman–Crippen MR) is 180 cm³/mol. The number of fused-ring (bicyclic) bond motifs is 3.